The molecule has 1 unspecified atom stereocenters. The van der Waals surface area contributed by atoms with Crippen LogP contribution in [-0.2, 0) is 0 Å². The molecule has 0 fully saturated rings. The van der Waals surface area contributed by atoms with Gasteiger partial charge in [0.25, 0.3) is 5.78 Å². The second-order valence-electron chi connectivity index (χ2n) is 6.51. The zero-order valence-electron chi connectivity index (χ0n) is 15.5. The molecule has 1 aromatic carbocycles. The van der Waals surface area contributed by atoms with E-state index in [1.165, 1.54) is 6.33 Å². The summed E-state index contributed by atoms with van der Waals surface area (Å²) in [5.41, 5.74) is 2.52. The van der Waals surface area contributed by atoms with Crippen LogP contribution in [0.3, 0.4) is 0 Å². The highest BCUT2D eigenvalue weighted by Gasteiger charge is 2.16. The molecule has 8 nitrogen and oxygen atoms in total. The summed E-state index contributed by atoms with van der Waals surface area (Å²) >= 11 is 6.31. The predicted molar refractivity (Wildman–Crippen MR) is 110 cm³/mol. The van der Waals surface area contributed by atoms with Crippen LogP contribution >= 0.6 is 11.6 Å². The number of fused-ring (bicyclic) bond motifs is 2. The van der Waals surface area contributed by atoms with Gasteiger partial charge in [0.1, 0.15) is 18.0 Å². The molecule has 0 aliphatic carbocycles. The van der Waals surface area contributed by atoms with Gasteiger partial charge >= 0.3 is 0 Å². The van der Waals surface area contributed by atoms with Gasteiger partial charge < -0.3 is 15.7 Å². The first-order valence-electron chi connectivity index (χ1n) is 8.94. The van der Waals surface area contributed by atoms with Crippen LogP contribution < -0.4 is 10.6 Å². The minimum Gasteiger partial charge on any atom is -0.395 e. The first-order valence-corrected chi connectivity index (χ1v) is 9.32. The van der Waals surface area contributed by atoms with Crippen LogP contribution in [0.15, 0.2) is 36.7 Å². The third kappa shape index (κ3) is 3.44. The lowest BCUT2D eigenvalue weighted by molar-refractivity contribution is 0.311. The van der Waals surface area contributed by atoms with Gasteiger partial charge in [0.2, 0.25) is 0 Å². The van der Waals surface area contributed by atoms with Crippen LogP contribution in [0.4, 0.5) is 11.6 Å². The van der Waals surface area contributed by atoms with Gasteiger partial charge in [-0.1, -0.05) is 23.7 Å². The van der Waals surface area contributed by atoms with Gasteiger partial charge in [-0.15, -0.1) is 0 Å². The van der Waals surface area contributed by atoms with Crippen molar-refractivity contribution in [3.05, 3.63) is 52.9 Å². The molecule has 0 radical (unpaired) electrons. The molecule has 0 saturated carbocycles. The average Bonchev–Trinajstić information content (AvgIpc) is 3.14. The smallest absolute Gasteiger partial charge is 0.254 e. The van der Waals surface area contributed by atoms with Gasteiger partial charge in [0, 0.05) is 29.3 Å². The van der Waals surface area contributed by atoms with Crippen molar-refractivity contribution in [2.45, 2.75) is 19.9 Å². The van der Waals surface area contributed by atoms with Crippen LogP contribution in [0.1, 0.15) is 24.2 Å². The normalized spacial score (nSPS) is 12.4. The summed E-state index contributed by atoms with van der Waals surface area (Å²) < 4.78 is 1.66. The van der Waals surface area contributed by atoms with Crippen molar-refractivity contribution in [2.24, 2.45) is 0 Å². The van der Waals surface area contributed by atoms with Crippen molar-refractivity contribution in [3.63, 3.8) is 0 Å². The average molecular weight is 398 g/mol. The van der Waals surface area contributed by atoms with Crippen LogP contribution in [-0.4, -0.2) is 42.8 Å². The van der Waals surface area contributed by atoms with Gasteiger partial charge in [-0.3, -0.25) is 0 Å². The SMILES string of the molecule is Cc1cc(NC(C)c2cc3cccc(Cl)c3nc2NCCO)n2ncnc2n1. The molecule has 0 bridgehead atoms. The Balaban J connectivity index is 1.76. The molecule has 1 atom stereocenters. The third-order valence-electron chi connectivity index (χ3n) is 4.44. The van der Waals surface area contributed by atoms with Crippen molar-refractivity contribution in [2.75, 3.05) is 23.8 Å². The number of hydrogen-bond acceptors (Lipinski definition) is 7. The molecule has 3 aromatic heterocycles. The summed E-state index contributed by atoms with van der Waals surface area (Å²) in [6.45, 7) is 4.35. The van der Waals surface area contributed by atoms with Crippen molar-refractivity contribution >= 4 is 39.9 Å². The quantitative estimate of drug-likeness (QED) is 0.459. The first kappa shape index (κ1) is 18.4. The number of halogens is 1. The second kappa shape index (κ2) is 7.57. The van der Waals surface area contributed by atoms with E-state index >= 15 is 0 Å². The zero-order chi connectivity index (χ0) is 19.7. The molecule has 0 spiro atoms. The molecule has 0 amide bonds. The maximum absolute atomic E-state index is 9.23. The van der Waals surface area contributed by atoms with Crippen LogP contribution in [0.5, 0.6) is 0 Å². The van der Waals surface area contributed by atoms with Crippen LogP contribution in [0, 0.1) is 6.92 Å². The number of rotatable bonds is 6. The maximum atomic E-state index is 9.23. The van der Waals surface area contributed by atoms with E-state index in [1.54, 1.807) is 4.52 Å². The Morgan fingerprint density at radius 2 is 2.11 bits per heavy atom. The van der Waals surface area contributed by atoms with E-state index < -0.39 is 0 Å². The van der Waals surface area contributed by atoms with E-state index in [0.29, 0.717) is 23.2 Å². The Bertz CT molecular complexity index is 1140. The molecule has 3 N–H and O–H groups in total. The lowest BCUT2D eigenvalue weighted by Crippen LogP contribution is -2.16. The number of hydrogen-bond donors (Lipinski definition) is 3. The number of aromatic nitrogens is 5. The third-order valence-corrected chi connectivity index (χ3v) is 4.75. The van der Waals surface area contributed by atoms with Gasteiger partial charge in [-0.05, 0) is 26.0 Å². The summed E-state index contributed by atoms with van der Waals surface area (Å²) in [7, 11) is 0. The molecule has 0 aliphatic rings. The largest absolute Gasteiger partial charge is 0.395 e. The molecule has 4 rings (SSSR count). The fourth-order valence-corrected chi connectivity index (χ4v) is 3.38. The van der Waals surface area contributed by atoms with E-state index in [2.05, 4.69) is 31.8 Å². The summed E-state index contributed by atoms with van der Waals surface area (Å²) in [5, 5.41) is 21.7. The number of aryl methyl sites for hydroxylation is 1. The Labute approximate surface area is 166 Å². The molecule has 0 saturated heterocycles. The number of benzene rings is 1. The van der Waals surface area contributed by atoms with Gasteiger partial charge in [0.15, 0.2) is 0 Å². The monoisotopic (exact) mass is 397 g/mol. The molecule has 3 heterocycles. The van der Waals surface area contributed by atoms with E-state index in [1.807, 2.05) is 38.1 Å². The molecular weight excluding hydrogens is 378 g/mol. The predicted octanol–water partition coefficient (Wildman–Crippen LogP) is 3.21. The van der Waals surface area contributed by atoms with Crippen molar-refractivity contribution in [3.8, 4) is 0 Å². The molecule has 9 heteroatoms. The summed E-state index contributed by atoms with van der Waals surface area (Å²) in [6.07, 6.45) is 1.48. The van der Waals surface area contributed by atoms with Gasteiger partial charge in [-0.2, -0.15) is 14.6 Å². The topological polar surface area (TPSA) is 100 Å². The minimum absolute atomic E-state index is 0.00656. The fourth-order valence-electron chi connectivity index (χ4n) is 3.16. The highest BCUT2D eigenvalue weighted by molar-refractivity contribution is 6.35. The Morgan fingerprint density at radius 3 is 2.93 bits per heavy atom. The van der Waals surface area contributed by atoms with E-state index in [0.717, 1.165) is 28.0 Å². The van der Waals surface area contributed by atoms with Crippen molar-refractivity contribution < 1.29 is 5.11 Å². The van der Waals surface area contributed by atoms with Gasteiger partial charge in [0.05, 0.1) is 23.2 Å². The van der Waals surface area contributed by atoms with Gasteiger partial charge in [-0.25, -0.2) is 9.97 Å². The summed E-state index contributed by atoms with van der Waals surface area (Å²) in [6, 6.07) is 9.57. The highest BCUT2D eigenvalue weighted by atomic mass is 35.5. The van der Waals surface area contributed by atoms with E-state index in [4.69, 9.17) is 16.6 Å². The fraction of sp³-hybridized carbons (Fsp3) is 0.263. The number of nitrogens with one attached hydrogen (secondary N) is 2. The minimum atomic E-state index is -0.105. The standard InChI is InChI=1S/C19H20ClN7O/c1-11-8-16(27-19(24-11)22-10-23-27)25-12(2)14-9-13-4-3-5-15(20)17(13)26-18(14)21-6-7-28/h3-5,8-10,12,25,28H,6-7H2,1-2H3,(H,21,26). The number of pyridine rings is 1. The zero-order valence-corrected chi connectivity index (χ0v) is 16.3. The molecule has 0 aliphatic heterocycles. The summed E-state index contributed by atoms with van der Waals surface area (Å²) in [4.78, 5) is 13.2. The number of aliphatic hydroxyl groups is 1. The second-order valence-corrected chi connectivity index (χ2v) is 6.92. The van der Waals surface area contributed by atoms with E-state index in [-0.39, 0.29) is 12.6 Å². The van der Waals surface area contributed by atoms with Crippen molar-refractivity contribution in [1.82, 2.24) is 24.6 Å². The lowest BCUT2D eigenvalue weighted by atomic mass is 10.1. The molecule has 144 valence electrons. The molecule has 4 aromatic rings. The number of para-hydroxylation sites is 1. The van der Waals surface area contributed by atoms with E-state index in [9.17, 15) is 5.11 Å². The maximum Gasteiger partial charge on any atom is 0.254 e. The lowest BCUT2D eigenvalue weighted by Gasteiger charge is -2.20. The van der Waals surface area contributed by atoms with Crippen molar-refractivity contribution in [1.29, 1.82) is 0 Å². The first-order chi connectivity index (χ1) is 13.6. The van der Waals surface area contributed by atoms with Crippen LogP contribution in [0.25, 0.3) is 16.7 Å². The highest BCUT2D eigenvalue weighted by Crippen LogP contribution is 2.31. The number of aliphatic hydroxyl groups excluding tert-OH is 1. The Kier molecular flexibility index (Phi) is 4.97. The summed E-state index contributed by atoms with van der Waals surface area (Å²) in [5.74, 6) is 2.00. The van der Waals surface area contributed by atoms with Crippen LogP contribution in [0.2, 0.25) is 5.02 Å². The molecular formula is C19H20ClN7O. The number of nitrogens with zero attached hydrogens (tertiary/aromatic N) is 5. The number of anilines is 2. The molecule has 28 heavy (non-hydrogen) atoms. The Hall–Kier alpha value is -2.97. The Morgan fingerprint density at radius 1 is 1.25 bits per heavy atom.